The Morgan fingerprint density at radius 1 is 1.28 bits per heavy atom. The molecule has 1 heterocycles. The van der Waals surface area contributed by atoms with Gasteiger partial charge in [-0.3, -0.25) is 4.98 Å². The molecule has 18 heavy (non-hydrogen) atoms. The molecule has 0 spiro atoms. The lowest BCUT2D eigenvalue weighted by molar-refractivity contribution is 0.222. The Bertz CT molecular complexity index is 379. The molecule has 0 amide bonds. The first-order chi connectivity index (χ1) is 8.52. The maximum absolute atomic E-state index is 8.96. The number of nitrogens with zero attached hydrogens (tertiary/aromatic N) is 3. The molecule has 4 heteroatoms. The lowest BCUT2D eigenvalue weighted by atomic mass is 9.75. The summed E-state index contributed by atoms with van der Waals surface area (Å²) in [6.45, 7) is 4.65. The summed E-state index contributed by atoms with van der Waals surface area (Å²) >= 11 is 0. The zero-order valence-electron chi connectivity index (χ0n) is 11.6. The summed E-state index contributed by atoms with van der Waals surface area (Å²) in [7, 11) is 2.09. The van der Waals surface area contributed by atoms with Gasteiger partial charge in [-0.15, -0.1) is 0 Å². The van der Waals surface area contributed by atoms with Crippen LogP contribution in [0, 0.1) is 5.41 Å². The number of anilines is 1. The quantitative estimate of drug-likeness (QED) is 0.893. The number of hydrogen-bond acceptors (Lipinski definition) is 4. The summed E-state index contributed by atoms with van der Waals surface area (Å²) in [5.41, 5.74) is 1.11. The summed E-state index contributed by atoms with van der Waals surface area (Å²) in [6, 6.07) is 0.562. The molecule has 1 aromatic heterocycles. The van der Waals surface area contributed by atoms with Gasteiger partial charge in [0.15, 0.2) is 0 Å². The molecule has 1 aromatic rings. The second kappa shape index (κ2) is 5.22. The van der Waals surface area contributed by atoms with Crippen molar-refractivity contribution in [3.05, 3.63) is 18.1 Å². The van der Waals surface area contributed by atoms with Crippen molar-refractivity contribution in [3.8, 4) is 0 Å². The Morgan fingerprint density at radius 3 is 2.44 bits per heavy atom. The third kappa shape index (κ3) is 2.99. The summed E-state index contributed by atoms with van der Waals surface area (Å²) in [5, 5.41) is 8.96. The second-order valence-electron chi connectivity index (χ2n) is 6.03. The number of aliphatic hydroxyl groups is 1. The van der Waals surface area contributed by atoms with Gasteiger partial charge in [-0.2, -0.15) is 0 Å². The van der Waals surface area contributed by atoms with E-state index in [1.54, 1.807) is 12.4 Å². The normalized spacial score (nSPS) is 19.8. The first-order valence-corrected chi connectivity index (χ1v) is 6.66. The van der Waals surface area contributed by atoms with E-state index >= 15 is 0 Å². The molecule has 0 aliphatic heterocycles. The predicted molar refractivity (Wildman–Crippen MR) is 72.4 cm³/mol. The molecule has 0 aromatic carbocycles. The van der Waals surface area contributed by atoms with Crippen LogP contribution in [0.3, 0.4) is 0 Å². The molecule has 1 fully saturated rings. The highest BCUT2D eigenvalue weighted by Crippen LogP contribution is 2.37. The lowest BCUT2D eigenvalue weighted by Crippen LogP contribution is -2.37. The van der Waals surface area contributed by atoms with Crippen molar-refractivity contribution in [3.63, 3.8) is 0 Å². The van der Waals surface area contributed by atoms with Crippen LogP contribution in [0.2, 0.25) is 0 Å². The molecule has 0 saturated heterocycles. The SMILES string of the molecule is CN(c1cnc(CO)cn1)C1CCC(C)(C)CC1. The number of aromatic nitrogens is 2. The van der Waals surface area contributed by atoms with E-state index in [1.165, 1.54) is 25.7 Å². The van der Waals surface area contributed by atoms with Gasteiger partial charge < -0.3 is 10.0 Å². The molecule has 0 bridgehead atoms. The van der Waals surface area contributed by atoms with Gasteiger partial charge in [-0.25, -0.2) is 4.98 Å². The summed E-state index contributed by atoms with van der Waals surface area (Å²) in [4.78, 5) is 10.8. The van der Waals surface area contributed by atoms with Crippen molar-refractivity contribution >= 4 is 5.82 Å². The van der Waals surface area contributed by atoms with Gasteiger partial charge in [0.05, 0.1) is 24.7 Å². The molecule has 0 unspecified atom stereocenters. The van der Waals surface area contributed by atoms with Crippen molar-refractivity contribution in [1.29, 1.82) is 0 Å². The zero-order valence-corrected chi connectivity index (χ0v) is 11.6. The largest absolute Gasteiger partial charge is 0.390 e. The van der Waals surface area contributed by atoms with Crippen molar-refractivity contribution in [2.45, 2.75) is 52.2 Å². The third-order valence-corrected chi connectivity index (χ3v) is 4.07. The second-order valence-corrected chi connectivity index (χ2v) is 6.03. The van der Waals surface area contributed by atoms with Gasteiger partial charge in [0.2, 0.25) is 0 Å². The van der Waals surface area contributed by atoms with E-state index in [9.17, 15) is 0 Å². The Labute approximate surface area is 109 Å². The fourth-order valence-corrected chi connectivity index (χ4v) is 2.57. The molecule has 0 radical (unpaired) electrons. The Morgan fingerprint density at radius 2 is 1.94 bits per heavy atom. The van der Waals surface area contributed by atoms with Crippen LogP contribution in [0.1, 0.15) is 45.2 Å². The van der Waals surface area contributed by atoms with Gasteiger partial charge in [0, 0.05) is 13.1 Å². The minimum absolute atomic E-state index is 0.0470. The minimum Gasteiger partial charge on any atom is -0.390 e. The van der Waals surface area contributed by atoms with Gasteiger partial charge in [0.25, 0.3) is 0 Å². The molecule has 4 nitrogen and oxygen atoms in total. The van der Waals surface area contributed by atoms with Crippen LogP contribution >= 0.6 is 0 Å². The van der Waals surface area contributed by atoms with E-state index in [2.05, 4.69) is 35.8 Å². The average Bonchev–Trinajstić information content (AvgIpc) is 2.38. The van der Waals surface area contributed by atoms with Crippen LogP contribution < -0.4 is 4.90 Å². The standard InChI is InChI=1S/C14H23N3O/c1-14(2)6-4-12(5-7-14)17(3)13-9-15-11(10-18)8-16-13/h8-9,12,18H,4-7,10H2,1-3H3. The maximum atomic E-state index is 8.96. The predicted octanol–water partition coefficient (Wildman–Crippen LogP) is 2.37. The van der Waals surface area contributed by atoms with E-state index in [0.717, 1.165) is 5.82 Å². The van der Waals surface area contributed by atoms with Crippen LogP contribution in [-0.4, -0.2) is 28.2 Å². The molecule has 1 aliphatic rings. The maximum Gasteiger partial charge on any atom is 0.147 e. The summed E-state index contributed by atoms with van der Waals surface area (Å²) < 4.78 is 0. The van der Waals surface area contributed by atoms with Crippen LogP contribution in [0.15, 0.2) is 12.4 Å². The number of rotatable bonds is 3. The highest BCUT2D eigenvalue weighted by Gasteiger charge is 2.29. The first-order valence-electron chi connectivity index (χ1n) is 6.66. The molecular weight excluding hydrogens is 226 g/mol. The Hall–Kier alpha value is -1.16. The molecule has 1 aliphatic carbocycles. The summed E-state index contributed by atoms with van der Waals surface area (Å²) in [5.74, 6) is 0.900. The average molecular weight is 249 g/mol. The van der Waals surface area contributed by atoms with E-state index in [1.807, 2.05) is 0 Å². The van der Waals surface area contributed by atoms with E-state index < -0.39 is 0 Å². The van der Waals surface area contributed by atoms with Gasteiger partial charge in [-0.1, -0.05) is 13.8 Å². The van der Waals surface area contributed by atoms with Crippen LogP contribution in [-0.2, 0) is 6.61 Å². The van der Waals surface area contributed by atoms with E-state index in [-0.39, 0.29) is 6.61 Å². The van der Waals surface area contributed by atoms with Crippen LogP contribution in [0.25, 0.3) is 0 Å². The topological polar surface area (TPSA) is 49.2 Å². The highest BCUT2D eigenvalue weighted by atomic mass is 16.3. The molecule has 100 valence electrons. The zero-order chi connectivity index (χ0) is 13.2. The van der Waals surface area contributed by atoms with Gasteiger partial charge in [-0.05, 0) is 31.1 Å². The molecule has 0 atom stereocenters. The Balaban J connectivity index is 2.00. The van der Waals surface area contributed by atoms with Gasteiger partial charge in [0.1, 0.15) is 5.82 Å². The number of aliphatic hydroxyl groups excluding tert-OH is 1. The first kappa shape index (κ1) is 13.3. The smallest absolute Gasteiger partial charge is 0.147 e. The molecular formula is C14H23N3O. The van der Waals surface area contributed by atoms with Crippen LogP contribution in [0.5, 0.6) is 0 Å². The fraction of sp³-hybridized carbons (Fsp3) is 0.714. The summed E-state index contributed by atoms with van der Waals surface area (Å²) in [6.07, 6.45) is 8.37. The van der Waals surface area contributed by atoms with Crippen molar-refractivity contribution in [1.82, 2.24) is 9.97 Å². The van der Waals surface area contributed by atoms with Gasteiger partial charge >= 0.3 is 0 Å². The third-order valence-electron chi connectivity index (χ3n) is 4.07. The molecule has 2 rings (SSSR count). The van der Waals surface area contributed by atoms with E-state index in [4.69, 9.17) is 5.11 Å². The monoisotopic (exact) mass is 249 g/mol. The van der Waals surface area contributed by atoms with Crippen molar-refractivity contribution in [2.75, 3.05) is 11.9 Å². The van der Waals surface area contributed by atoms with Crippen LogP contribution in [0.4, 0.5) is 5.82 Å². The van der Waals surface area contributed by atoms with E-state index in [0.29, 0.717) is 17.2 Å². The van der Waals surface area contributed by atoms with Crippen molar-refractivity contribution < 1.29 is 5.11 Å². The Kier molecular flexibility index (Phi) is 3.85. The molecule has 1 N–H and O–H groups in total. The highest BCUT2D eigenvalue weighted by molar-refractivity contribution is 5.36. The fourth-order valence-electron chi connectivity index (χ4n) is 2.57. The number of hydrogen-bond donors (Lipinski definition) is 1. The molecule has 1 saturated carbocycles. The minimum atomic E-state index is -0.0470. The van der Waals surface area contributed by atoms with Crippen molar-refractivity contribution in [2.24, 2.45) is 5.41 Å². The lowest BCUT2D eigenvalue weighted by Gasteiger charge is -2.39.